The van der Waals surface area contributed by atoms with E-state index in [1.54, 1.807) is 15.9 Å². The Hall–Kier alpha value is -3.46. The number of carbonyl (C=O) groups excluding carboxylic acids is 1. The first kappa shape index (κ1) is 22.3. The van der Waals surface area contributed by atoms with Gasteiger partial charge in [-0.1, -0.05) is 54.2 Å². The average Bonchev–Trinajstić information content (AvgIpc) is 3.41. The molecule has 1 fully saturated rings. The second-order valence-corrected chi connectivity index (χ2v) is 9.53. The largest absolute Gasteiger partial charge is 0.338 e. The molecule has 5 rings (SSSR count). The number of hydrogen-bond donors (Lipinski definition) is 0. The molecule has 4 aromatic rings. The van der Waals surface area contributed by atoms with Gasteiger partial charge in [0.15, 0.2) is 5.16 Å². The van der Waals surface area contributed by atoms with Crippen LogP contribution in [-0.4, -0.2) is 53.1 Å². The van der Waals surface area contributed by atoms with Crippen LogP contribution in [0.25, 0.3) is 5.69 Å². The zero-order chi connectivity index (χ0) is 23.5. The highest BCUT2D eigenvalue weighted by molar-refractivity contribution is 7.99. The standard InChI is InChI=1S/C25H27N7OS/c1-18(20-10-12-22(13-11-20)32-17-26-16-27-32)30(2)23(33)15-34-25-29-28-24(21-8-9-21)31(25)14-19-6-4-3-5-7-19/h3-7,10-13,16-18,21H,8-9,14-15H2,1-2H3. The van der Waals surface area contributed by atoms with Gasteiger partial charge in [-0.25, -0.2) is 9.67 Å². The first-order valence-corrected chi connectivity index (χ1v) is 12.4. The third kappa shape index (κ3) is 4.89. The van der Waals surface area contributed by atoms with Crippen molar-refractivity contribution in [2.45, 2.75) is 43.4 Å². The van der Waals surface area contributed by atoms with Crippen molar-refractivity contribution in [1.82, 2.24) is 34.4 Å². The fraction of sp³-hybridized carbons (Fsp3) is 0.320. The fourth-order valence-electron chi connectivity index (χ4n) is 3.88. The Morgan fingerprint density at radius 3 is 2.56 bits per heavy atom. The highest BCUT2D eigenvalue weighted by Gasteiger charge is 2.30. The van der Waals surface area contributed by atoms with Crippen LogP contribution in [-0.2, 0) is 11.3 Å². The predicted molar refractivity (Wildman–Crippen MR) is 131 cm³/mol. The lowest BCUT2D eigenvalue weighted by Crippen LogP contribution is -2.31. The van der Waals surface area contributed by atoms with Crippen LogP contribution in [0.15, 0.2) is 72.4 Å². The van der Waals surface area contributed by atoms with Crippen LogP contribution in [0.2, 0.25) is 0 Å². The van der Waals surface area contributed by atoms with E-state index in [0.717, 1.165) is 41.6 Å². The van der Waals surface area contributed by atoms with E-state index in [1.807, 2.05) is 56.4 Å². The molecular formula is C25H27N7OS. The smallest absolute Gasteiger partial charge is 0.233 e. The monoisotopic (exact) mass is 473 g/mol. The Bertz CT molecular complexity index is 1230. The molecule has 1 aliphatic rings. The number of amides is 1. The molecule has 9 heteroatoms. The molecule has 2 heterocycles. The summed E-state index contributed by atoms with van der Waals surface area (Å²) < 4.78 is 3.89. The van der Waals surface area contributed by atoms with Crippen LogP contribution in [0.1, 0.15) is 48.7 Å². The molecule has 0 aliphatic heterocycles. The minimum absolute atomic E-state index is 0.0536. The van der Waals surface area contributed by atoms with Crippen LogP contribution in [0, 0.1) is 0 Å². The molecule has 2 aromatic heterocycles. The van der Waals surface area contributed by atoms with Crippen molar-refractivity contribution < 1.29 is 4.79 Å². The Balaban J connectivity index is 1.24. The Morgan fingerprint density at radius 1 is 1.12 bits per heavy atom. The number of benzene rings is 2. The van der Waals surface area contributed by atoms with Crippen LogP contribution in [0.4, 0.5) is 0 Å². The van der Waals surface area contributed by atoms with E-state index >= 15 is 0 Å². The third-order valence-corrected chi connectivity index (χ3v) is 7.18. The van der Waals surface area contributed by atoms with Crippen molar-refractivity contribution in [2.24, 2.45) is 0 Å². The normalized spacial score (nSPS) is 14.2. The summed E-state index contributed by atoms with van der Waals surface area (Å²) >= 11 is 1.46. The molecule has 174 valence electrons. The van der Waals surface area contributed by atoms with Gasteiger partial charge in [-0.3, -0.25) is 4.79 Å². The van der Waals surface area contributed by atoms with E-state index in [-0.39, 0.29) is 11.9 Å². The van der Waals surface area contributed by atoms with E-state index in [1.165, 1.54) is 23.7 Å². The fourth-order valence-corrected chi connectivity index (χ4v) is 4.75. The molecular weight excluding hydrogens is 446 g/mol. The topological polar surface area (TPSA) is 81.7 Å². The highest BCUT2D eigenvalue weighted by Crippen LogP contribution is 2.40. The summed E-state index contributed by atoms with van der Waals surface area (Å²) in [4.78, 5) is 18.8. The van der Waals surface area contributed by atoms with Crippen LogP contribution in [0.5, 0.6) is 0 Å². The summed E-state index contributed by atoms with van der Waals surface area (Å²) in [5, 5.41) is 13.9. The summed E-state index contributed by atoms with van der Waals surface area (Å²) in [6, 6.07) is 18.3. The minimum Gasteiger partial charge on any atom is -0.338 e. The van der Waals surface area contributed by atoms with Crippen molar-refractivity contribution >= 4 is 17.7 Å². The van der Waals surface area contributed by atoms with E-state index in [2.05, 4.69) is 37.0 Å². The summed E-state index contributed by atoms with van der Waals surface area (Å²) in [5.41, 5.74) is 3.20. The van der Waals surface area contributed by atoms with Crippen LogP contribution < -0.4 is 0 Å². The van der Waals surface area contributed by atoms with E-state index < -0.39 is 0 Å². The summed E-state index contributed by atoms with van der Waals surface area (Å²) in [7, 11) is 1.85. The number of carbonyl (C=O) groups is 1. The number of rotatable bonds is 9. The Kier molecular flexibility index (Phi) is 6.44. The molecule has 34 heavy (non-hydrogen) atoms. The molecule has 0 bridgehead atoms. The molecule has 1 amide bonds. The predicted octanol–water partition coefficient (Wildman–Crippen LogP) is 4.10. The molecule has 8 nitrogen and oxygen atoms in total. The van der Waals surface area contributed by atoms with Gasteiger partial charge in [-0.15, -0.1) is 10.2 Å². The summed E-state index contributed by atoms with van der Waals surface area (Å²) in [6.45, 7) is 2.76. The maximum atomic E-state index is 13.0. The van der Waals surface area contributed by atoms with Gasteiger partial charge in [0.2, 0.25) is 5.91 Å². The second-order valence-electron chi connectivity index (χ2n) is 8.59. The van der Waals surface area contributed by atoms with Gasteiger partial charge in [0.25, 0.3) is 0 Å². The maximum absolute atomic E-state index is 13.0. The molecule has 2 aromatic carbocycles. The van der Waals surface area contributed by atoms with Gasteiger partial charge in [0.1, 0.15) is 18.5 Å². The minimum atomic E-state index is -0.0536. The van der Waals surface area contributed by atoms with Crippen molar-refractivity contribution in [1.29, 1.82) is 0 Å². The van der Waals surface area contributed by atoms with Crippen LogP contribution in [0.3, 0.4) is 0 Å². The zero-order valence-corrected chi connectivity index (χ0v) is 20.1. The first-order valence-electron chi connectivity index (χ1n) is 11.4. The lowest BCUT2D eigenvalue weighted by Gasteiger charge is -2.25. The second kappa shape index (κ2) is 9.80. The maximum Gasteiger partial charge on any atom is 0.233 e. The number of hydrogen-bond acceptors (Lipinski definition) is 6. The summed E-state index contributed by atoms with van der Waals surface area (Å²) in [6.07, 6.45) is 5.49. The molecule has 1 aliphatic carbocycles. The zero-order valence-electron chi connectivity index (χ0n) is 19.3. The molecule has 0 saturated heterocycles. The van der Waals surface area contributed by atoms with Crippen molar-refractivity contribution in [2.75, 3.05) is 12.8 Å². The molecule has 1 saturated carbocycles. The van der Waals surface area contributed by atoms with Gasteiger partial charge in [-0.2, -0.15) is 5.10 Å². The Morgan fingerprint density at radius 2 is 1.88 bits per heavy atom. The SMILES string of the molecule is CC(c1ccc(-n2cncn2)cc1)N(C)C(=O)CSc1nnc(C2CC2)n1Cc1ccccc1. The lowest BCUT2D eigenvalue weighted by molar-refractivity contribution is -0.128. The number of thioether (sulfide) groups is 1. The van der Waals surface area contributed by atoms with Crippen molar-refractivity contribution in [3.05, 3.63) is 84.2 Å². The average molecular weight is 474 g/mol. The van der Waals surface area contributed by atoms with Crippen molar-refractivity contribution in [3.8, 4) is 5.69 Å². The van der Waals surface area contributed by atoms with Gasteiger partial charge < -0.3 is 9.47 Å². The quantitative estimate of drug-likeness (QED) is 0.341. The first-order chi connectivity index (χ1) is 16.6. The molecule has 1 atom stereocenters. The molecule has 0 N–H and O–H groups in total. The van der Waals surface area contributed by atoms with Crippen LogP contribution >= 0.6 is 11.8 Å². The van der Waals surface area contributed by atoms with Gasteiger partial charge in [0, 0.05) is 13.0 Å². The van der Waals surface area contributed by atoms with Gasteiger partial charge >= 0.3 is 0 Å². The summed E-state index contributed by atoms with van der Waals surface area (Å²) in [5.74, 6) is 1.90. The highest BCUT2D eigenvalue weighted by atomic mass is 32.2. The van der Waals surface area contributed by atoms with E-state index in [9.17, 15) is 4.79 Å². The van der Waals surface area contributed by atoms with E-state index in [0.29, 0.717) is 11.7 Å². The number of aromatic nitrogens is 6. The van der Waals surface area contributed by atoms with Gasteiger partial charge in [0.05, 0.1) is 24.0 Å². The van der Waals surface area contributed by atoms with Gasteiger partial charge in [-0.05, 0) is 43.0 Å². The van der Waals surface area contributed by atoms with E-state index in [4.69, 9.17) is 0 Å². The van der Waals surface area contributed by atoms with Crippen molar-refractivity contribution in [3.63, 3.8) is 0 Å². The molecule has 1 unspecified atom stereocenters. The number of nitrogens with zero attached hydrogens (tertiary/aromatic N) is 7. The third-order valence-electron chi connectivity index (χ3n) is 6.23. The molecule has 0 spiro atoms. The molecule has 0 radical (unpaired) electrons. The lowest BCUT2D eigenvalue weighted by atomic mass is 10.1. The Labute approximate surface area is 203 Å².